The SMILES string of the molecule is COc1cc(C[NH+]2CC=C(c3ccc(F)cc3)CC2)cc2c1OCO2. The van der Waals surface area contributed by atoms with Gasteiger partial charge in [0.05, 0.1) is 20.2 Å². The van der Waals surface area contributed by atoms with Crippen molar-refractivity contribution < 1.29 is 23.5 Å². The minimum absolute atomic E-state index is 0.191. The van der Waals surface area contributed by atoms with Crippen LogP contribution in [0.3, 0.4) is 0 Å². The van der Waals surface area contributed by atoms with Crippen LogP contribution < -0.4 is 19.1 Å². The van der Waals surface area contributed by atoms with E-state index in [9.17, 15) is 4.39 Å². The van der Waals surface area contributed by atoms with Crippen molar-refractivity contribution in [2.45, 2.75) is 13.0 Å². The summed E-state index contributed by atoms with van der Waals surface area (Å²) >= 11 is 0. The van der Waals surface area contributed by atoms with Gasteiger partial charge in [0.1, 0.15) is 12.4 Å². The van der Waals surface area contributed by atoms with Gasteiger partial charge in [-0.25, -0.2) is 4.39 Å². The van der Waals surface area contributed by atoms with Gasteiger partial charge in [-0.2, -0.15) is 0 Å². The van der Waals surface area contributed by atoms with Gasteiger partial charge in [0.2, 0.25) is 12.5 Å². The lowest BCUT2D eigenvalue weighted by molar-refractivity contribution is -0.908. The van der Waals surface area contributed by atoms with E-state index in [1.54, 1.807) is 7.11 Å². The number of fused-ring (bicyclic) bond motifs is 1. The Morgan fingerprint density at radius 3 is 2.72 bits per heavy atom. The summed E-state index contributed by atoms with van der Waals surface area (Å²) in [6.45, 7) is 3.14. The summed E-state index contributed by atoms with van der Waals surface area (Å²) < 4.78 is 29.4. The molecule has 130 valence electrons. The molecule has 0 saturated carbocycles. The zero-order valence-electron chi connectivity index (χ0n) is 14.2. The van der Waals surface area contributed by atoms with Crippen molar-refractivity contribution in [3.63, 3.8) is 0 Å². The Balaban J connectivity index is 1.46. The van der Waals surface area contributed by atoms with Crippen molar-refractivity contribution >= 4 is 5.57 Å². The molecule has 0 radical (unpaired) electrons. The molecule has 0 fully saturated rings. The highest BCUT2D eigenvalue weighted by Crippen LogP contribution is 2.41. The van der Waals surface area contributed by atoms with Crippen LogP contribution in [0.5, 0.6) is 17.2 Å². The summed E-state index contributed by atoms with van der Waals surface area (Å²) in [6.07, 6.45) is 3.25. The molecule has 4 rings (SSSR count). The van der Waals surface area contributed by atoms with Crippen LogP contribution in [0.2, 0.25) is 0 Å². The van der Waals surface area contributed by atoms with Gasteiger partial charge in [0, 0.05) is 12.0 Å². The smallest absolute Gasteiger partial charge is 0.231 e. The van der Waals surface area contributed by atoms with Gasteiger partial charge in [-0.15, -0.1) is 0 Å². The first-order valence-corrected chi connectivity index (χ1v) is 8.48. The van der Waals surface area contributed by atoms with E-state index in [2.05, 4.69) is 6.08 Å². The Kier molecular flexibility index (Phi) is 4.32. The van der Waals surface area contributed by atoms with Gasteiger partial charge < -0.3 is 19.1 Å². The van der Waals surface area contributed by atoms with Crippen LogP contribution in [-0.2, 0) is 6.54 Å². The summed E-state index contributed by atoms with van der Waals surface area (Å²) in [7, 11) is 1.65. The maximum Gasteiger partial charge on any atom is 0.231 e. The molecule has 0 aromatic heterocycles. The molecule has 25 heavy (non-hydrogen) atoms. The van der Waals surface area contributed by atoms with Crippen LogP contribution in [0.4, 0.5) is 4.39 Å². The number of ether oxygens (including phenoxy) is 3. The first-order valence-electron chi connectivity index (χ1n) is 8.48. The van der Waals surface area contributed by atoms with E-state index in [0.29, 0.717) is 5.75 Å². The highest BCUT2D eigenvalue weighted by Gasteiger charge is 2.22. The summed E-state index contributed by atoms with van der Waals surface area (Å²) in [5, 5.41) is 0. The number of rotatable bonds is 4. The number of methoxy groups -OCH3 is 1. The van der Waals surface area contributed by atoms with Gasteiger partial charge in [0.25, 0.3) is 0 Å². The predicted octanol–water partition coefficient (Wildman–Crippen LogP) is 2.44. The van der Waals surface area contributed by atoms with E-state index < -0.39 is 0 Å². The fourth-order valence-electron chi connectivity index (χ4n) is 3.44. The third-order valence-corrected chi connectivity index (χ3v) is 4.77. The normalized spacial score (nSPS) is 18.8. The highest BCUT2D eigenvalue weighted by molar-refractivity contribution is 5.66. The monoisotopic (exact) mass is 342 g/mol. The summed E-state index contributed by atoms with van der Waals surface area (Å²) in [5.74, 6) is 1.99. The largest absolute Gasteiger partial charge is 0.493 e. The van der Waals surface area contributed by atoms with E-state index >= 15 is 0 Å². The van der Waals surface area contributed by atoms with Crippen molar-refractivity contribution in [3.05, 3.63) is 59.4 Å². The van der Waals surface area contributed by atoms with Crippen molar-refractivity contribution in [2.24, 2.45) is 0 Å². The lowest BCUT2D eigenvalue weighted by Crippen LogP contribution is -3.11. The lowest BCUT2D eigenvalue weighted by Gasteiger charge is -2.24. The molecule has 0 bridgehead atoms. The molecule has 1 unspecified atom stereocenters. The second-order valence-corrected chi connectivity index (χ2v) is 6.40. The number of halogens is 1. The second kappa shape index (κ2) is 6.76. The molecule has 0 aliphatic carbocycles. The Hall–Kier alpha value is -2.53. The molecule has 2 aliphatic rings. The van der Waals surface area contributed by atoms with E-state index in [1.165, 1.54) is 28.2 Å². The Morgan fingerprint density at radius 1 is 1.16 bits per heavy atom. The summed E-state index contributed by atoms with van der Waals surface area (Å²) in [6, 6.07) is 10.8. The molecule has 5 heteroatoms. The Morgan fingerprint density at radius 2 is 2.00 bits per heavy atom. The van der Waals surface area contributed by atoms with Crippen LogP contribution in [-0.4, -0.2) is 27.0 Å². The zero-order valence-corrected chi connectivity index (χ0v) is 14.2. The van der Waals surface area contributed by atoms with Crippen LogP contribution in [0.15, 0.2) is 42.5 Å². The summed E-state index contributed by atoms with van der Waals surface area (Å²) in [5.41, 5.74) is 3.59. The number of hydrogen-bond acceptors (Lipinski definition) is 3. The molecule has 0 amide bonds. The maximum atomic E-state index is 13.1. The maximum absolute atomic E-state index is 13.1. The highest BCUT2D eigenvalue weighted by atomic mass is 19.1. The van der Waals surface area contributed by atoms with Gasteiger partial charge >= 0.3 is 0 Å². The molecule has 4 nitrogen and oxygen atoms in total. The number of quaternary nitrogens is 1. The number of nitrogens with one attached hydrogen (secondary N) is 1. The molecule has 1 atom stereocenters. The molecular weight excluding hydrogens is 321 g/mol. The zero-order chi connectivity index (χ0) is 17.2. The van der Waals surface area contributed by atoms with Gasteiger partial charge in [-0.3, -0.25) is 0 Å². The molecule has 2 heterocycles. The fraction of sp³-hybridized carbons (Fsp3) is 0.300. The average Bonchev–Trinajstić information content (AvgIpc) is 3.11. The van der Waals surface area contributed by atoms with Crippen LogP contribution in [0.25, 0.3) is 5.57 Å². The topological polar surface area (TPSA) is 32.1 Å². The van der Waals surface area contributed by atoms with Crippen LogP contribution in [0, 0.1) is 5.82 Å². The third-order valence-electron chi connectivity index (χ3n) is 4.77. The van der Waals surface area contributed by atoms with Gasteiger partial charge in [0.15, 0.2) is 11.5 Å². The molecule has 2 aromatic carbocycles. The van der Waals surface area contributed by atoms with Crippen molar-refractivity contribution in [1.29, 1.82) is 0 Å². The number of benzene rings is 2. The predicted molar refractivity (Wildman–Crippen MR) is 92.5 cm³/mol. The molecule has 2 aliphatic heterocycles. The van der Waals surface area contributed by atoms with Crippen LogP contribution >= 0.6 is 0 Å². The molecule has 0 saturated heterocycles. The van der Waals surface area contributed by atoms with E-state index in [4.69, 9.17) is 14.2 Å². The second-order valence-electron chi connectivity index (χ2n) is 6.40. The van der Waals surface area contributed by atoms with Crippen molar-refractivity contribution in [3.8, 4) is 17.2 Å². The Labute approximate surface area is 146 Å². The minimum Gasteiger partial charge on any atom is -0.493 e. The molecule has 1 N–H and O–H groups in total. The van der Waals surface area contributed by atoms with Gasteiger partial charge in [-0.05, 0) is 41.5 Å². The molecular formula is C20H21FNO3+. The Bertz CT molecular complexity index is 801. The van der Waals surface area contributed by atoms with Gasteiger partial charge in [-0.1, -0.05) is 12.1 Å². The minimum atomic E-state index is -0.191. The quantitative estimate of drug-likeness (QED) is 0.926. The average molecular weight is 342 g/mol. The molecule has 2 aromatic rings. The van der Waals surface area contributed by atoms with Crippen LogP contribution in [0.1, 0.15) is 17.5 Å². The fourth-order valence-corrected chi connectivity index (χ4v) is 3.44. The number of hydrogen-bond donors (Lipinski definition) is 1. The van der Waals surface area contributed by atoms with E-state index in [-0.39, 0.29) is 12.6 Å². The first-order chi connectivity index (χ1) is 12.2. The van der Waals surface area contributed by atoms with E-state index in [1.807, 2.05) is 24.3 Å². The van der Waals surface area contributed by atoms with Crippen molar-refractivity contribution in [1.82, 2.24) is 0 Å². The van der Waals surface area contributed by atoms with E-state index in [0.717, 1.165) is 43.1 Å². The third kappa shape index (κ3) is 3.33. The lowest BCUT2D eigenvalue weighted by atomic mass is 9.99. The van der Waals surface area contributed by atoms with Crippen molar-refractivity contribution in [2.75, 3.05) is 27.0 Å². The standard InChI is InChI=1S/C20H20FNO3/c1-23-18-10-14(11-19-20(18)25-13-24-19)12-22-8-6-16(7-9-22)15-2-4-17(21)5-3-15/h2-6,10-11H,7-9,12-13H2,1H3/p+1. The summed E-state index contributed by atoms with van der Waals surface area (Å²) in [4.78, 5) is 1.48. The molecule has 0 spiro atoms. The first kappa shape index (κ1) is 16.0.